The van der Waals surface area contributed by atoms with E-state index in [9.17, 15) is 4.79 Å². The minimum atomic E-state index is -0.181. The van der Waals surface area contributed by atoms with Crippen molar-refractivity contribution < 1.29 is 9.53 Å². The van der Waals surface area contributed by atoms with Crippen LogP contribution in [0.3, 0.4) is 0 Å². The number of anilines is 2. The van der Waals surface area contributed by atoms with Gasteiger partial charge in [0, 0.05) is 31.9 Å². The molecule has 1 aliphatic heterocycles. The molecule has 5 heteroatoms. The van der Waals surface area contributed by atoms with Crippen LogP contribution < -0.4 is 15.0 Å². The Kier molecular flexibility index (Phi) is 6.35. The van der Waals surface area contributed by atoms with Crippen LogP contribution in [0.4, 0.5) is 11.4 Å². The Morgan fingerprint density at radius 2 is 1.85 bits per heavy atom. The predicted octanol–water partition coefficient (Wildman–Crippen LogP) is 3.54. The Bertz CT molecular complexity index is 770. The summed E-state index contributed by atoms with van der Waals surface area (Å²) in [5.74, 6) is 0.718. The van der Waals surface area contributed by atoms with Crippen LogP contribution in [0.2, 0.25) is 0 Å². The van der Waals surface area contributed by atoms with Gasteiger partial charge in [-0.25, -0.2) is 0 Å². The van der Waals surface area contributed by atoms with Crippen LogP contribution in [-0.2, 0) is 4.79 Å². The highest BCUT2D eigenvalue weighted by atomic mass is 16.5. The van der Waals surface area contributed by atoms with Crippen LogP contribution >= 0.6 is 0 Å². The van der Waals surface area contributed by atoms with Crippen molar-refractivity contribution in [3.05, 3.63) is 54.1 Å². The largest absolute Gasteiger partial charge is 0.492 e. The first-order chi connectivity index (χ1) is 13.1. The number of nitrogens with one attached hydrogen (secondary N) is 1. The van der Waals surface area contributed by atoms with Gasteiger partial charge in [0.15, 0.2) is 0 Å². The standard InChI is InChI=1S/C22H29N3O2/c1-4-27-21-11-6-5-10-20(21)23-22(26)18(3)24-12-14-25(15-13-24)19-9-7-8-17(2)16-19/h5-11,16,18H,4,12-15H2,1-3H3,(H,23,26). The number of para-hydroxylation sites is 2. The summed E-state index contributed by atoms with van der Waals surface area (Å²) in [5.41, 5.74) is 3.27. The molecule has 0 spiro atoms. The van der Waals surface area contributed by atoms with Crippen molar-refractivity contribution in [2.24, 2.45) is 0 Å². The first-order valence-electron chi connectivity index (χ1n) is 9.67. The molecule has 1 heterocycles. The van der Waals surface area contributed by atoms with Gasteiger partial charge in [0.2, 0.25) is 5.91 Å². The molecule has 1 amide bonds. The molecular weight excluding hydrogens is 338 g/mol. The average Bonchev–Trinajstić information content (AvgIpc) is 2.69. The maximum Gasteiger partial charge on any atom is 0.241 e. The van der Waals surface area contributed by atoms with Gasteiger partial charge in [0.05, 0.1) is 18.3 Å². The van der Waals surface area contributed by atoms with Crippen LogP contribution in [0.15, 0.2) is 48.5 Å². The molecule has 0 bridgehead atoms. The molecule has 144 valence electrons. The summed E-state index contributed by atoms with van der Waals surface area (Å²) in [4.78, 5) is 17.4. The van der Waals surface area contributed by atoms with Crippen molar-refractivity contribution in [2.45, 2.75) is 26.8 Å². The summed E-state index contributed by atoms with van der Waals surface area (Å²) in [6.07, 6.45) is 0. The maximum absolute atomic E-state index is 12.7. The molecule has 27 heavy (non-hydrogen) atoms. The second-order valence-corrected chi connectivity index (χ2v) is 6.96. The van der Waals surface area contributed by atoms with Gasteiger partial charge in [-0.1, -0.05) is 24.3 Å². The lowest BCUT2D eigenvalue weighted by Gasteiger charge is -2.38. The fourth-order valence-electron chi connectivity index (χ4n) is 3.45. The van der Waals surface area contributed by atoms with Gasteiger partial charge in [0.1, 0.15) is 5.75 Å². The molecule has 2 aromatic rings. The summed E-state index contributed by atoms with van der Waals surface area (Å²) < 4.78 is 5.60. The third-order valence-corrected chi connectivity index (χ3v) is 5.05. The van der Waals surface area contributed by atoms with Crippen molar-refractivity contribution in [2.75, 3.05) is 43.0 Å². The second kappa shape index (κ2) is 8.91. The Balaban J connectivity index is 1.57. The van der Waals surface area contributed by atoms with Gasteiger partial charge >= 0.3 is 0 Å². The number of benzene rings is 2. The second-order valence-electron chi connectivity index (χ2n) is 6.96. The number of amides is 1. The fraction of sp³-hybridized carbons (Fsp3) is 0.409. The number of piperazine rings is 1. The molecule has 1 aliphatic rings. The van der Waals surface area contributed by atoms with Crippen LogP contribution in [0, 0.1) is 6.92 Å². The highest BCUT2D eigenvalue weighted by molar-refractivity contribution is 5.95. The number of rotatable bonds is 6. The number of nitrogens with zero attached hydrogens (tertiary/aromatic N) is 2. The maximum atomic E-state index is 12.7. The molecule has 3 rings (SSSR count). The van der Waals surface area contributed by atoms with E-state index in [0.29, 0.717) is 12.4 Å². The smallest absolute Gasteiger partial charge is 0.241 e. The first kappa shape index (κ1) is 19.2. The molecule has 1 saturated heterocycles. The van der Waals surface area contributed by atoms with Gasteiger partial charge < -0.3 is 15.0 Å². The average molecular weight is 367 g/mol. The summed E-state index contributed by atoms with van der Waals surface area (Å²) in [7, 11) is 0. The predicted molar refractivity (Wildman–Crippen MR) is 111 cm³/mol. The molecule has 0 aliphatic carbocycles. The normalized spacial score (nSPS) is 16.0. The Morgan fingerprint density at radius 1 is 1.11 bits per heavy atom. The molecule has 2 aromatic carbocycles. The molecule has 0 saturated carbocycles. The zero-order valence-corrected chi connectivity index (χ0v) is 16.4. The quantitative estimate of drug-likeness (QED) is 0.848. The van der Waals surface area contributed by atoms with Gasteiger partial charge in [0.25, 0.3) is 0 Å². The minimum absolute atomic E-state index is 0.00570. The topological polar surface area (TPSA) is 44.8 Å². The highest BCUT2D eigenvalue weighted by Gasteiger charge is 2.26. The van der Waals surface area contributed by atoms with E-state index in [4.69, 9.17) is 4.74 Å². The highest BCUT2D eigenvalue weighted by Crippen LogP contribution is 2.24. The lowest BCUT2D eigenvalue weighted by molar-refractivity contribution is -0.120. The lowest BCUT2D eigenvalue weighted by atomic mass is 10.1. The third kappa shape index (κ3) is 4.80. The van der Waals surface area contributed by atoms with Crippen LogP contribution in [0.25, 0.3) is 0 Å². The lowest BCUT2D eigenvalue weighted by Crippen LogP contribution is -2.52. The van der Waals surface area contributed by atoms with E-state index in [2.05, 4.69) is 46.3 Å². The van der Waals surface area contributed by atoms with E-state index in [-0.39, 0.29) is 11.9 Å². The van der Waals surface area contributed by atoms with E-state index >= 15 is 0 Å². The van der Waals surface area contributed by atoms with Crippen molar-refractivity contribution in [3.63, 3.8) is 0 Å². The molecule has 1 unspecified atom stereocenters. The van der Waals surface area contributed by atoms with Crippen LogP contribution in [0.5, 0.6) is 5.75 Å². The number of hydrogen-bond donors (Lipinski definition) is 1. The monoisotopic (exact) mass is 367 g/mol. The Labute approximate surface area is 161 Å². The SMILES string of the molecule is CCOc1ccccc1NC(=O)C(C)N1CCN(c2cccc(C)c2)CC1. The van der Waals surface area contributed by atoms with Gasteiger partial charge in [-0.2, -0.15) is 0 Å². The number of ether oxygens (including phenoxy) is 1. The Morgan fingerprint density at radius 3 is 2.56 bits per heavy atom. The van der Waals surface area contributed by atoms with Crippen molar-refractivity contribution >= 4 is 17.3 Å². The van der Waals surface area contributed by atoms with E-state index in [1.165, 1.54) is 11.3 Å². The number of carbonyl (C=O) groups excluding carboxylic acids is 1. The molecule has 1 N–H and O–H groups in total. The molecule has 0 radical (unpaired) electrons. The zero-order valence-electron chi connectivity index (χ0n) is 16.4. The first-order valence-corrected chi connectivity index (χ1v) is 9.67. The number of hydrogen-bond acceptors (Lipinski definition) is 4. The fourth-order valence-corrected chi connectivity index (χ4v) is 3.45. The molecule has 5 nitrogen and oxygen atoms in total. The Hall–Kier alpha value is -2.53. The van der Waals surface area contributed by atoms with E-state index in [1.54, 1.807) is 0 Å². The van der Waals surface area contributed by atoms with Gasteiger partial charge in [-0.15, -0.1) is 0 Å². The van der Waals surface area contributed by atoms with Crippen molar-refractivity contribution in [1.82, 2.24) is 4.90 Å². The minimum Gasteiger partial charge on any atom is -0.492 e. The van der Waals surface area contributed by atoms with Crippen LogP contribution in [-0.4, -0.2) is 49.6 Å². The zero-order chi connectivity index (χ0) is 19.2. The third-order valence-electron chi connectivity index (χ3n) is 5.05. The summed E-state index contributed by atoms with van der Waals surface area (Å²) >= 11 is 0. The number of aryl methyl sites for hydroxylation is 1. The van der Waals surface area contributed by atoms with Crippen molar-refractivity contribution in [1.29, 1.82) is 0 Å². The summed E-state index contributed by atoms with van der Waals surface area (Å²) in [6, 6.07) is 16.0. The molecular formula is C22H29N3O2. The number of carbonyl (C=O) groups is 1. The van der Waals surface area contributed by atoms with Gasteiger partial charge in [-0.3, -0.25) is 9.69 Å². The van der Waals surface area contributed by atoms with E-state index in [1.807, 2.05) is 38.1 Å². The molecule has 1 atom stereocenters. The van der Waals surface area contributed by atoms with Gasteiger partial charge in [-0.05, 0) is 50.6 Å². The summed E-state index contributed by atoms with van der Waals surface area (Å²) in [5, 5.41) is 3.02. The van der Waals surface area contributed by atoms with E-state index < -0.39 is 0 Å². The summed E-state index contributed by atoms with van der Waals surface area (Å²) in [6.45, 7) is 10.2. The molecule has 1 fully saturated rings. The van der Waals surface area contributed by atoms with E-state index in [0.717, 1.165) is 31.9 Å². The van der Waals surface area contributed by atoms with Crippen LogP contribution in [0.1, 0.15) is 19.4 Å². The molecule has 0 aromatic heterocycles. The van der Waals surface area contributed by atoms with Crippen molar-refractivity contribution in [3.8, 4) is 5.75 Å².